The van der Waals surface area contributed by atoms with E-state index in [4.69, 9.17) is 9.73 Å². The standard InChI is InChI=1S/C22H34N4O.HI/c1-4-23-20(26-11-9-21(16-26)10-12-27-17-21)24-15-22(25(2)3)13-18-7-5-6-8-19(18)14-22;/h5-8H,4,9-17H2,1-3H3,(H,23,24);1H. The molecular weight excluding hydrogens is 463 g/mol. The van der Waals surface area contributed by atoms with E-state index in [1.54, 1.807) is 0 Å². The molecule has 6 heteroatoms. The molecule has 1 aliphatic carbocycles. The summed E-state index contributed by atoms with van der Waals surface area (Å²) in [6.07, 6.45) is 4.58. The van der Waals surface area contributed by atoms with Crippen LogP contribution in [-0.2, 0) is 17.6 Å². The second-order valence-corrected chi connectivity index (χ2v) is 8.89. The molecule has 1 aromatic rings. The first-order chi connectivity index (χ1) is 13.1. The molecule has 3 aliphatic rings. The summed E-state index contributed by atoms with van der Waals surface area (Å²) in [6.45, 7) is 7.90. The Hall–Kier alpha value is -0.860. The summed E-state index contributed by atoms with van der Waals surface area (Å²) >= 11 is 0. The summed E-state index contributed by atoms with van der Waals surface area (Å²) in [5.74, 6) is 1.08. The molecule has 4 rings (SSSR count). The lowest BCUT2D eigenvalue weighted by atomic mass is 9.87. The molecule has 2 fully saturated rings. The third-order valence-corrected chi connectivity index (χ3v) is 6.89. The summed E-state index contributed by atoms with van der Waals surface area (Å²) in [4.78, 5) is 10.0. The van der Waals surface area contributed by atoms with Crippen molar-refractivity contribution in [1.82, 2.24) is 15.1 Å². The first-order valence-corrected chi connectivity index (χ1v) is 10.4. The molecule has 1 N–H and O–H groups in total. The molecule has 1 spiro atoms. The van der Waals surface area contributed by atoms with Crippen molar-refractivity contribution in [2.24, 2.45) is 10.4 Å². The van der Waals surface area contributed by atoms with Crippen LogP contribution in [0.5, 0.6) is 0 Å². The molecule has 1 unspecified atom stereocenters. The van der Waals surface area contributed by atoms with E-state index in [0.717, 1.165) is 58.2 Å². The van der Waals surface area contributed by atoms with Crippen molar-refractivity contribution in [2.45, 2.75) is 38.1 Å². The van der Waals surface area contributed by atoms with Crippen LogP contribution in [0.2, 0.25) is 0 Å². The Morgan fingerprint density at radius 1 is 1.21 bits per heavy atom. The molecule has 0 amide bonds. The van der Waals surface area contributed by atoms with Gasteiger partial charge in [-0.15, -0.1) is 24.0 Å². The van der Waals surface area contributed by atoms with Crippen LogP contribution < -0.4 is 5.32 Å². The number of likely N-dealkylation sites (N-methyl/N-ethyl adjacent to an activating group) is 1. The number of rotatable bonds is 4. The third kappa shape index (κ3) is 4.19. The Bertz CT molecular complexity index is 675. The lowest BCUT2D eigenvalue weighted by Crippen LogP contribution is -2.49. The van der Waals surface area contributed by atoms with Gasteiger partial charge in [0.25, 0.3) is 0 Å². The predicted molar refractivity (Wildman–Crippen MR) is 126 cm³/mol. The predicted octanol–water partition coefficient (Wildman–Crippen LogP) is 2.78. The second kappa shape index (κ2) is 8.88. The maximum Gasteiger partial charge on any atom is 0.194 e. The van der Waals surface area contributed by atoms with Gasteiger partial charge in [0.05, 0.1) is 13.2 Å². The van der Waals surface area contributed by atoms with Crippen LogP contribution in [0.3, 0.4) is 0 Å². The molecule has 2 heterocycles. The van der Waals surface area contributed by atoms with Crippen molar-refractivity contribution in [3.8, 4) is 0 Å². The van der Waals surface area contributed by atoms with Gasteiger partial charge in [-0.3, -0.25) is 4.99 Å². The van der Waals surface area contributed by atoms with E-state index in [9.17, 15) is 0 Å². The van der Waals surface area contributed by atoms with Crippen molar-refractivity contribution in [2.75, 3.05) is 53.5 Å². The molecule has 5 nitrogen and oxygen atoms in total. The van der Waals surface area contributed by atoms with Gasteiger partial charge in [0.1, 0.15) is 0 Å². The maximum absolute atomic E-state index is 5.70. The van der Waals surface area contributed by atoms with Gasteiger partial charge in [-0.05, 0) is 57.8 Å². The van der Waals surface area contributed by atoms with Gasteiger partial charge in [-0.2, -0.15) is 0 Å². The minimum absolute atomic E-state index is 0. The van der Waals surface area contributed by atoms with E-state index in [0.29, 0.717) is 5.41 Å². The van der Waals surface area contributed by atoms with Crippen LogP contribution in [0.1, 0.15) is 30.9 Å². The number of guanidine groups is 1. The van der Waals surface area contributed by atoms with Crippen molar-refractivity contribution in [3.05, 3.63) is 35.4 Å². The molecule has 1 aromatic carbocycles. The Morgan fingerprint density at radius 2 is 1.93 bits per heavy atom. The molecule has 2 aliphatic heterocycles. The molecule has 0 saturated carbocycles. The average molecular weight is 498 g/mol. The van der Waals surface area contributed by atoms with E-state index in [1.807, 2.05) is 0 Å². The Labute approximate surface area is 186 Å². The highest BCUT2D eigenvalue weighted by atomic mass is 127. The number of fused-ring (bicyclic) bond motifs is 1. The van der Waals surface area contributed by atoms with Crippen LogP contribution in [0.15, 0.2) is 29.3 Å². The molecule has 0 aromatic heterocycles. The minimum Gasteiger partial charge on any atom is -0.381 e. The summed E-state index contributed by atoms with van der Waals surface area (Å²) in [6, 6.07) is 8.87. The smallest absolute Gasteiger partial charge is 0.194 e. The van der Waals surface area contributed by atoms with E-state index < -0.39 is 0 Å². The lowest BCUT2D eigenvalue weighted by Gasteiger charge is -2.35. The molecule has 1 atom stereocenters. The van der Waals surface area contributed by atoms with E-state index in [-0.39, 0.29) is 29.5 Å². The van der Waals surface area contributed by atoms with Crippen molar-refractivity contribution in [1.29, 1.82) is 0 Å². The van der Waals surface area contributed by atoms with Gasteiger partial charge in [0.2, 0.25) is 0 Å². The Morgan fingerprint density at radius 3 is 2.50 bits per heavy atom. The number of halogens is 1. The molecule has 28 heavy (non-hydrogen) atoms. The van der Waals surface area contributed by atoms with Gasteiger partial charge in [0.15, 0.2) is 5.96 Å². The van der Waals surface area contributed by atoms with Crippen LogP contribution >= 0.6 is 24.0 Å². The number of ether oxygens (including phenoxy) is 1. The van der Waals surface area contributed by atoms with Gasteiger partial charge in [0, 0.05) is 37.2 Å². The fourth-order valence-electron chi connectivity index (χ4n) is 4.98. The second-order valence-electron chi connectivity index (χ2n) is 8.89. The van der Waals surface area contributed by atoms with Gasteiger partial charge in [-0.1, -0.05) is 24.3 Å². The molecule has 156 valence electrons. The van der Waals surface area contributed by atoms with E-state index in [1.165, 1.54) is 24.0 Å². The highest BCUT2D eigenvalue weighted by molar-refractivity contribution is 14.0. The summed E-state index contributed by atoms with van der Waals surface area (Å²) < 4.78 is 5.70. The summed E-state index contributed by atoms with van der Waals surface area (Å²) in [7, 11) is 4.41. The van der Waals surface area contributed by atoms with Crippen molar-refractivity contribution >= 4 is 29.9 Å². The number of aliphatic imine (C=N–C) groups is 1. The average Bonchev–Trinajstić information content (AvgIpc) is 3.38. The third-order valence-electron chi connectivity index (χ3n) is 6.89. The van der Waals surface area contributed by atoms with Gasteiger partial charge >= 0.3 is 0 Å². The zero-order valence-electron chi connectivity index (χ0n) is 17.5. The summed E-state index contributed by atoms with van der Waals surface area (Å²) in [5.41, 5.74) is 3.40. The Balaban J connectivity index is 0.00000225. The normalized spacial score (nSPS) is 26.0. The molecule has 0 radical (unpaired) electrons. The first kappa shape index (κ1) is 21.8. The highest BCUT2D eigenvalue weighted by Gasteiger charge is 2.43. The fraction of sp³-hybridized carbons (Fsp3) is 0.682. The van der Waals surface area contributed by atoms with Crippen LogP contribution in [-0.4, -0.2) is 74.8 Å². The van der Waals surface area contributed by atoms with Crippen LogP contribution in [0.25, 0.3) is 0 Å². The molecule has 2 saturated heterocycles. The van der Waals surface area contributed by atoms with Gasteiger partial charge < -0.3 is 19.9 Å². The number of likely N-dealkylation sites (tertiary alicyclic amines) is 1. The highest BCUT2D eigenvalue weighted by Crippen LogP contribution is 2.38. The topological polar surface area (TPSA) is 40.1 Å². The minimum atomic E-state index is 0. The zero-order chi connectivity index (χ0) is 18.9. The quantitative estimate of drug-likeness (QED) is 0.394. The zero-order valence-corrected chi connectivity index (χ0v) is 19.9. The number of hydrogen-bond donors (Lipinski definition) is 1. The van der Waals surface area contributed by atoms with Crippen molar-refractivity contribution in [3.63, 3.8) is 0 Å². The monoisotopic (exact) mass is 498 g/mol. The van der Waals surface area contributed by atoms with Gasteiger partial charge in [-0.25, -0.2) is 0 Å². The largest absolute Gasteiger partial charge is 0.381 e. The Kier molecular flexibility index (Phi) is 6.92. The van der Waals surface area contributed by atoms with Crippen LogP contribution in [0, 0.1) is 5.41 Å². The molecular formula is C22H35IN4O. The number of nitrogens with zero attached hydrogens (tertiary/aromatic N) is 3. The van der Waals surface area contributed by atoms with E-state index in [2.05, 4.69) is 60.4 Å². The van der Waals surface area contributed by atoms with Crippen molar-refractivity contribution < 1.29 is 4.74 Å². The maximum atomic E-state index is 5.70. The number of nitrogens with one attached hydrogen (secondary N) is 1. The SMILES string of the molecule is CCNC(=NCC1(N(C)C)Cc2ccccc2C1)N1CCC2(CCOC2)C1.I. The number of benzene rings is 1. The van der Waals surface area contributed by atoms with Crippen LogP contribution in [0.4, 0.5) is 0 Å². The molecule has 0 bridgehead atoms. The van der Waals surface area contributed by atoms with E-state index >= 15 is 0 Å². The lowest BCUT2D eigenvalue weighted by molar-refractivity contribution is 0.156. The summed E-state index contributed by atoms with van der Waals surface area (Å²) in [5, 5.41) is 3.55. The number of hydrogen-bond acceptors (Lipinski definition) is 3. The fourth-order valence-corrected chi connectivity index (χ4v) is 4.98. The first-order valence-electron chi connectivity index (χ1n) is 10.4.